The molecule has 0 radical (unpaired) electrons. The van der Waals surface area contributed by atoms with Gasteiger partial charge in [0.15, 0.2) is 11.5 Å². The number of carbonyl (C=O) groups excluding carboxylic acids is 2. The number of phenols is 2. The van der Waals surface area contributed by atoms with E-state index in [-0.39, 0.29) is 28.7 Å². The Labute approximate surface area is 186 Å². The van der Waals surface area contributed by atoms with Crippen molar-refractivity contribution in [3.05, 3.63) is 53.2 Å². The second-order valence-electron chi connectivity index (χ2n) is 9.68. The maximum absolute atomic E-state index is 13.2. The fraction of sp³-hybridized carbons (Fsp3) is 0.360. The number of aromatic amines is 1. The standard InChI is InChI=1S/C25H29N3O4/c1-14(29)26-13-16-10-18(9-15-11-21(24(2,3)4)28-22(15)16)27-23(32)25(7-8-25)17-5-6-19(30)20(31)12-17/h5-6,9-12,28,30-31H,7-8,13H2,1-4H3,(H,26,29)(H,27,32). The van der Waals surface area contributed by atoms with Crippen molar-refractivity contribution in [3.8, 4) is 11.5 Å². The number of anilines is 1. The van der Waals surface area contributed by atoms with Crippen LogP contribution in [0.25, 0.3) is 10.9 Å². The Hall–Kier alpha value is -3.48. The van der Waals surface area contributed by atoms with E-state index >= 15 is 0 Å². The Morgan fingerprint density at radius 2 is 1.78 bits per heavy atom. The summed E-state index contributed by atoms with van der Waals surface area (Å²) in [6.45, 7) is 8.19. The van der Waals surface area contributed by atoms with Crippen LogP contribution in [0.4, 0.5) is 5.69 Å². The third kappa shape index (κ3) is 4.02. The molecule has 1 aromatic heterocycles. The summed E-state index contributed by atoms with van der Waals surface area (Å²) >= 11 is 0. The van der Waals surface area contributed by atoms with Gasteiger partial charge in [-0.1, -0.05) is 26.8 Å². The summed E-state index contributed by atoms with van der Waals surface area (Å²) in [6.07, 6.45) is 1.34. The minimum atomic E-state index is -0.716. The van der Waals surface area contributed by atoms with E-state index in [9.17, 15) is 19.8 Å². The molecule has 1 heterocycles. The van der Waals surface area contributed by atoms with Crippen LogP contribution in [-0.4, -0.2) is 27.0 Å². The van der Waals surface area contributed by atoms with E-state index in [1.165, 1.54) is 19.1 Å². The zero-order valence-electron chi connectivity index (χ0n) is 18.8. The van der Waals surface area contributed by atoms with Gasteiger partial charge in [0.1, 0.15) is 0 Å². The molecule has 1 saturated carbocycles. The molecular formula is C25H29N3O4. The van der Waals surface area contributed by atoms with Crippen LogP contribution in [0.2, 0.25) is 0 Å². The number of aromatic hydroxyl groups is 2. The van der Waals surface area contributed by atoms with Gasteiger partial charge in [0.2, 0.25) is 11.8 Å². The lowest BCUT2D eigenvalue weighted by Crippen LogP contribution is -2.28. The number of phenolic OH excluding ortho intramolecular Hbond substituents is 2. The summed E-state index contributed by atoms with van der Waals surface area (Å²) in [4.78, 5) is 28.2. The van der Waals surface area contributed by atoms with Gasteiger partial charge in [-0.05, 0) is 54.3 Å². The monoisotopic (exact) mass is 435 g/mol. The highest BCUT2D eigenvalue weighted by molar-refractivity contribution is 6.03. The molecule has 4 rings (SSSR count). The van der Waals surface area contributed by atoms with E-state index in [0.717, 1.165) is 22.2 Å². The SMILES string of the molecule is CC(=O)NCc1cc(NC(=O)C2(c3ccc(O)c(O)c3)CC2)cc2cc(C(C)(C)C)[nH]c12. The molecular weight excluding hydrogens is 406 g/mol. The van der Waals surface area contributed by atoms with Crippen LogP contribution in [0, 0.1) is 0 Å². The highest BCUT2D eigenvalue weighted by atomic mass is 16.3. The van der Waals surface area contributed by atoms with Crippen molar-refractivity contribution < 1.29 is 19.8 Å². The lowest BCUT2D eigenvalue weighted by Gasteiger charge is -2.17. The molecule has 0 aliphatic heterocycles. The lowest BCUT2D eigenvalue weighted by molar-refractivity contribution is -0.119. The zero-order valence-corrected chi connectivity index (χ0v) is 18.8. The molecule has 32 heavy (non-hydrogen) atoms. The number of hydrogen-bond donors (Lipinski definition) is 5. The van der Waals surface area contributed by atoms with Gasteiger partial charge in [-0.2, -0.15) is 0 Å². The maximum Gasteiger partial charge on any atom is 0.235 e. The Morgan fingerprint density at radius 1 is 1.06 bits per heavy atom. The number of nitrogens with one attached hydrogen (secondary N) is 3. The molecule has 1 fully saturated rings. The molecule has 1 aliphatic rings. The lowest BCUT2D eigenvalue weighted by atomic mass is 9.92. The van der Waals surface area contributed by atoms with Crippen LogP contribution < -0.4 is 10.6 Å². The number of fused-ring (bicyclic) bond motifs is 1. The molecule has 7 nitrogen and oxygen atoms in total. The first-order valence-electron chi connectivity index (χ1n) is 10.7. The molecule has 0 bridgehead atoms. The maximum atomic E-state index is 13.2. The number of H-pyrrole nitrogens is 1. The first-order valence-corrected chi connectivity index (χ1v) is 10.7. The van der Waals surface area contributed by atoms with Crippen molar-refractivity contribution in [2.75, 3.05) is 5.32 Å². The van der Waals surface area contributed by atoms with E-state index < -0.39 is 5.41 Å². The molecule has 0 unspecified atom stereocenters. The van der Waals surface area contributed by atoms with E-state index in [2.05, 4.69) is 42.5 Å². The van der Waals surface area contributed by atoms with Gasteiger partial charge in [0.25, 0.3) is 0 Å². The summed E-state index contributed by atoms with van der Waals surface area (Å²) in [5, 5.41) is 26.3. The number of rotatable bonds is 5. The van der Waals surface area contributed by atoms with Gasteiger partial charge in [-0.15, -0.1) is 0 Å². The summed E-state index contributed by atoms with van der Waals surface area (Å²) in [7, 11) is 0. The molecule has 1 aliphatic carbocycles. The van der Waals surface area contributed by atoms with Crippen molar-refractivity contribution in [1.29, 1.82) is 0 Å². The van der Waals surface area contributed by atoms with Crippen LogP contribution in [0.15, 0.2) is 36.4 Å². The first kappa shape index (κ1) is 21.7. The zero-order chi connectivity index (χ0) is 23.3. The van der Waals surface area contributed by atoms with E-state index in [1.807, 2.05) is 12.1 Å². The smallest absolute Gasteiger partial charge is 0.235 e. The number of carbonyl (C=O) groups is 2. The minimum absolute atomic E-state index is 0.0767. The molecule has 0 atom stereocenters. The molecule has 168 valence electrons. The highest BCUT2D eigenvalue weighted by Gasteiger charge is 2.51. The van der Waals surface area contributed by atoms with Crippen molar-refractivity contribution in [1.82, 2.24) is 10.3 Å². The number of aromatic nitrogens is 1. The van der Waals surface area contributed by atoms with Crippen LogP contribution >= 0.6 is 0 Å². The fourth-order valence-electron chi connectivity index (χ4n) is 4.00. The third-order valence-electron chi connectivity index (χ3n) is 6.12. The second kappa shape index (κ2) is 7.58. The first-order chi connectivity index (χ1) is 15.0. The Kier molecular flexibility index (Phi) is 5.15. The Morgan fingerprint density at radius 3 is 2.38 bits per heavy atom. The van der Waals surface area contributed by atoms with E-state index in [4.69, 9.17) is 0 Å². The van der Waals surface area contributed by atoms with Gasteiger partial charge < -0.3 is 25.8 Å². The van der Waals surface area contributed by atoms with Gasteiger partial charge >= 0.3 is 0 Å². The van der Waals surface area contributed by atoms with Crippen molar-refractivity contribution in [2.45, 2.75) is 57.9 Å². The van der Waals surface area contributed by atoms with Gasteiger partial charge in [-0.3, -0.25) is 9.59 Å². The van der Waals surface area contributed by atoms with Crippen molar-refractivity contribution in [3.63, 3.8) is 0 Å². The van der Waals surface area contributed by atoms with Crippen LogP contribution in [0.3, 0.4) is 0 Å². The summed E-state index contributed by atoms with van der Waals surface area (Å²) in [5.74, 6) is -0.721. The van der Waals surface area contributed by atoms with Gasteiger partial charge in [0.05, 0.1) is 10.9 Å². The molecule has 0 saturated heterocycles. The summed E-state index contributed by atoms with van der Waals surface area (Å²) in [5.41, 5.74) is 3.43. The summed E-state index contributed by atoms with van der Waals surface area (Å²) in [6, 6.07) is 10.4. The molecule has 5 N–H and O–H groups in total. The summed E-state index contributed by atoms with van der Waals surface area (Å²) < 4.78 is 0. The van der Waals surface area contributed by atoms with Gasteiger partial charge in [0, 0.05) is 35.7 Å². The van der Waals surface area contributed by atoms with Crippen LogP contribution in [0.5, 0.6) is 11.5 Å². The van der Waals surface area contributed by atoms with E-state index in [0.29, 0.717) is 30.6 Å². The Balaban J connectivity index is 1.68. The molecule has 3 aromatic rings. The third-order valence-corrected chi connectivity index (χ3v) is 6.12. The predicted molar refractivity (Wildman–Crippen MR) is 124 cm³/mol. The molecule has 0 spiro atoms. The number of hydrogen-bond acceptors (Lipinski definition) is 4. The average molecular weight is 436 g/mol. The van der Waals surface area contributed by atoms with Gasteiger partial charge in [-0.25, -0.2) is 0 Å². The minimum Gasteiger partial charge on any atom is -0.504 e. The molecule has 2 amide bonds. The fourth-order valence-corrected chi connectivity index (χ4v) is 4.00. The predicted octanol–water partition coefficient (Wildman–Crippen LogP) is 4.18. The average Bonchev–Trinajstić information content (AvgIpc) is 3.40. The largest absolute Gasteiger partial charge is 0.504 e. The van der Waals surface area contributed by atoms with Crippen molar-refractivity contribution >= 4 is 28.4 Å². The Bertz CT molecular complexity index is 1220. The van der Waals surface area contributed by atoms with Crippen molar-refractivity contribution in [2.24, 2.45) is 0 Å². The van der Waals surface area contributed by atoms with Crippen LogP contribution in [-0.2, 0) is 27.0 Å². The highest BCUT2D eigenvalue weighted by Crippen LogP contribution is 2.50. The van der Waals surface area contributed by atoms with Crippen LogP contribution in [0.1, 0.15) is 57.4 Å². The van der Waals surface area contributed by atoms with E-state index in [1.54, 1.807) is 6.07 Å². The number of benzene rings is 2. The quantitative estimate of drug-likeness (QED) is 0.387. The topological polar surface area (TPSA) is 114 Å². The number of amides is 2. The normalized spacial score (nSPS) is 14.9. The molecule has 7 heteroatoms. The second-order valence-corrected chi connectivity index (χ2v) is 9.68. The molecule has 2 aromatic carbocycles.